The fraction of sp³-hybridized carbons (Fsp3) is 0.222. The van der Waals surface area contributed by atoms with E-state index in [0.717, 1.165) is 0 Å². The number of hydrogen-bond acceptors (Lipinski definition) is 3. The molecule has 0 atom stereocenters. The number of amidine groups is 1. The molecule has 5 heteroatoms. The minimum Gasteiger partial charge on any atom is -0.493 e. The second-order valence-electron chi connectivity index (χ2n) is 2.65. The summed E-state index contributed by atoms with van der Waals surface area (Å²) in [6, 6.07) is 5.78. The molecule has 0 unspecified atom stereocenters. The highest BCUT2D eigenvalue weighted by atomic mass is 19.1. The van der Waals surface area contributed by atoms with Crippen molar-refractivity contribution in [2.24, 2.45) is 10.9 Å². The molecule has 0 heterocycles. The van der Waals surface area contributed by atoms with Crippen LogP contribution in [-0.4, -0.2) is 17.6 Å². The number of nitrogens with two attached hydrogens (primary N) is 1. The largest absolute Gasteiger partial charge is 0.493 e. The Morgan fingerprint density at radius 3 is 3.00 bits per heavy atom. The van der Waals surface area contributed by atoms with Crippen molar-refractivity contribution in [2.75, 3.05) is 6.61 Å². The molecular weight excluding hydrogens is 187 g/mol. The fourth-order valence-corrected chi connectivity index (χ4v) is 0.880. The Hall–Kier alpha value is -1.78. The quantitative estimate of drug-likeness (QED) is 0.332. The predicted molar refractivity (Wildman–Crippen MR) is 49.9 cm³/mol. The van der Waals surface area contributed by atoms with Crippen LogP contribution in [0.2, 0.25) is 0 Å². The van der Waals surface area contributed by atoms with Gasteiger partial charge in [-0.2, -0.15) is 0 Å². The summed E-state index contributed by atoms with van der Waals surface area (Å²) in [5.74, 6) is 0.156. The van der Waals surface area contributed by atoms with Gasteiger partial charge in [0.15, 0.2) is 0 Å². The zero-order valence-corrected chi connectivity index (χ0v) is 7.48. The van der Waals surface area contributed by atoms with Gasteiger partial charge in [0.05, 0.1) is 6.61 Å². The van der Waals surface area contributed by atoms with E-state index in [2.05, 4.69) is 5.16 Å². The van der Waals surface area contributed by atoms with Crippen LogP contribution in [0.15, 0.2) is 29.4 Å². The van der Waals surface area contributed by atoms with Crippen LogP contribution in [-0.2, 0) is 0 Å². The van der Waals surface area contributed by atoms with E-state index < -0.39 is 0 Å². The molecule has 3 N–H and O–H groups in total. The number of nitrogens with zero attached hydrogens (tertiary/aromatic N) is 1. The van der Waals surface area contributed by atoms with Gasteiger partial charge in [0.2, 0.25) is 0 Å². The van der Waals surface area contributed by atoms with E-state index >= 15 is 0 Å². The van der Waals surface area contributed by atoms with Crippen LogP contribution in [0.1, 0.15) is 6.42 Å². The van der Waals surface area contributed by atoms with E-state index in [1.165, 1.54) is 12.1 Å². The van der Waals surface area contributed by atoms with Gasteiger partial charge in [-0.25, -0.2) is 4.39 Å². The fourth-order valence-electron chi connectivity index (χ4n) is 0.880. The van der Waals surface area contributed by atoms with Crippen LogP contribution in [0.5, 0.6) is 5.75 Å². The lowest BCUT2D eigenvalue weighted by Gasteiger charge is -2.04. The first-order chi connectivity index (χ1) is 6.72. The predicted octanol–water partition coefficient (Wildman–Crippen LogP) is 1.34. The minimum atomic E-state index is -0.355. The molecule has 76 valence electrons. The number of rotatable bonds is 4. The number of ether oxygens (including phenoxy) is 1. The van der Waals surface area contributed by atoms with E-state index in [1.54, 1.807) is 12.1 Å². The van der Waals surface area contributed by atoms with Crippen molar-refractivity contribution >= 4 is 5.84 Å². The molecule has 0 saturated carbocycles. The van der Waals surface area contributed by atoms with Crippen LogP contribution in [0.3, 0.4) is 0 Å². The first-order valence-electron chi connectivity index (χ1n) is 4.07. The van der Waals surface area contributed by atoms with E-state index in [-0.39, 0.29) is 18.3 Å². The second kappa shape index (κ2) is 5.06. The smallest absolute Gasteiger partial charge is 0.142 e. The lowest BCUT2D eigenvalue weighted by molar-refractivity contribution is 0.305. The summed E-state index contributed by atoms with van der Waals surface area (Å²) in [4.78, 5) is 0. The van der Waals surface area contributed by atoms with E-state index in [0.29, 0.717) is 12.2 Å². The summed E-state index contributed by atoms with van der Waals surface area (Å²) < 4.78 is 17.8. The van der Waals surface area contributed by atoms with Gasteiger partial charge in [0, 0.05) is 12.5 Å². The van der Waals surface area contributed by atoms with Gasteiger partial charge >= 0.3 is 0 Å². The monoisotopic (exact) mass is 198 g/mol. The molecule has 0 bridgehead atoms. The molecule has 4 nitrogen and oxygen atoms in total. The lowest BCUT2D eigenvalue weighted by atomic mass is 10.3. The SMILES string of the molecule is N/C(CCOc1cccc(F)c1)=N\O. The van der Waals surface area contributed by atoms with Crippen LogP contribution < -0.4 is 10.5 Å². The third kappa shape index (κ3) is 3.30. The Morgan fingerprint density at radius 1 is 1.57 bits per heavy atom. The molecule has 0 amide bonds. The van der Waals surface area contributed by atoms with Crippen LogP contribution in [0, 0.1) is 5.82 Å². The van der Waals surface area contributed by atoms with Crippen LogP contribution in [0.4, 0.5) is 4.39 Å². The molecule has 1 aromatic carbocycles. The number of hydrogen-bond donors (Lipinski definition) is 2. The molecule has 0 aromatic heterocycles. The third-order valence-corrected chi connectivity index (χ3v) is 1.55. The molecule has 0 spiro atoms. The number of halogens is 1. The molecular formula is C9H11FN2O2. The van der Waals surface area contributed by atoms with Gasteiger partial charge in [-0.1, -0.05) is 11.2 Å². The normalized spacial score (nSPS) is 11.4. The minimum absolute atomic E-state index is 0.0846. The Kier molecular flexibility index (Phi) is 3.72. The van der Waals surface area contributed by atoms with Crippen molar-refractivity contribution in [3.8, 4) is 5.75 Å². The standard InChI is InChI=1S/C9H11FN2O2/c10-7-2-1-3-8(6-7)14-5-4-9(11)12-13/h1-3,6,13H,4-5H2,(H2,11,12). The average molecular weight is 198 g/mol. The van der Waals surface area contributed by atoms with Crippen molar-refractivity contribution < 1.29 is 14.3 Å². The Balaban J connectivity index is 2.39. The molecule has 0 aliphatic carbocycles. The molecule has 1 rings (SSSR count). The van der Waals surface area contributed by atoms with Gasteiger partial charge in [-0.15, -0.1) is 0 Å². The third-order valence-electron chi connectivity index (χ3n) is 1.55. The van der Waals surface area contributed by atoms with Crippen LogP contribution in [0.25, 0.3) is 0 Å². The van der Waals surface area contributed by atoms with Gasteiger partial charge < -0.3 is 15.7 Å². The highest BCUT2D eigenvalue weighted by Crippen LogP contribution is 2.11. The molecule has 14 heavy (non-hydrogen) atoms. The maximum absolute atomic E-state index is 12.7. The van der Waals surface area contributed by atoms with Crippen molar-refractivity contribution in [1.82, 2.24) is 0 Å². The van der Waals surface area contributed by atoms with Gasteiger partial charge in [-0.3, -0.25) is 0 Å². The highest BCUT2D eigenvalue weighted by Gasteiger charge is 1.97. The summed E-state index contributed by atoms with van der Waals surface area (Å²) in [7, 11) is 0. The number of benzene rings is 1. The topological polar surface area (TPSA) is 67.8 Å². The van der Waals surface area contributed by atoms with Crippen molar-refractivity contribution in [1.29, 1.82) is 0 Å². The Bertz CT molecular complexity index is 328. The first kappa shape index (κ1) is 10.3. The summed E-state index contributed by atoms with van der Waals surface area (Å²) in [5.41, 5.74) is 5.21. The van der Waals surface area contributed by atoms with Gasteiger partial charge in [0.25, 0.3) is 0 Å². The van der Waals surface area contributed by atoms with Gasteiger partial charge in [-0.05, 0) is 12.1 Å². The summed E-state index contributed by atoms with van der Waals surface area (Å²) in [6.45, 7) is 0.249. The molecule has 0 saturated heterocycles. The van der Waals surface area contributed by atoms with Crippen molar-refractivity contribution in [3.05, 3.63) is 30.1 Å². The van der Waals surface area contributed by atoms with E-state index in [4.69, 9.17) is 15.7 Å². The first-order valence-corrected chi connectivity index (χ1v) is 4.07. The zero-order chi connectivity index (χ0) is 10.4. The molecule has 0 aliphatic heterocycles. The molecule has 1 aromatic rings. The lowest BCUT2D eigenvalue weighted by Crippen LogP contribution is -2.15. The maximum Gasteiger partial charge on any atom is 0.142 e. The Labute approximate surface area is 80.8 Å². The van der Waals surface area contributed by atoms with Crippen LogP contribution >= 0.6 is 0 Å². The zero-order valence-electron chi connectivity index (χ0n) is 7.48. The second-order valence-corrected chi connectivity index (χ2v) is 2.65. The average Bonchev–Trinajstić information content (AvgIpc) is 2.17. The molecule has 0 aliphatic rings. The van der Waals surface area contributed by atoms with E-state index in [1.807, 2.05) is 0 Å². The van der Waals surface area contributed by atoms with Crippen molar-refractivity contribution in [2.45, 2.75) is 6.42 Å². The maximum atomic E-state index is 12.7. The van der Waals surface area contributed by atoms with E-state index in [9.17, 15) is 4.39 Å². The Morgan fingerprint density at radius 2 is 2.36 bits per heavy atom. The summed E-state index contributed by atoms with van der Waals surface area (Å²) >= 11 is 0. The molecule has 0 fully saturated rings. The van der Waals surface area contributed by atoms with Crippen molar-refractivity contribution in [3.63, 3.8) is 0 Å². The highest BCUT2D eigenvalue weighted by molar-refractivity contribution is 5.79. The summed E-state index contributed by atoms with van der Waals surface area (Å²) in [6.07, 6.45) is 0.299. The molecule has 0 radical (unpaired) electrons. The number of oxime groups is 1. The summed E-state index contributed by atoms with van der Waals surface area (Å²) in [5, 5.41) is 11.0. The van der Waals surface area contributed by atoms with Gasteiger partial charge in [0.1, 0.15) is 17.4 Å².